The first-order valence-corrected chi connectivity index (χ1v) is 20.3. The fourth-order valence-corrected chi connectivity index (χ4v) is 9.89. The predicted octanol–water partition coefficient (Wildman–Crippen LogP) is 15.9. The van der Waals surface area contributed by atoms with Crippen molar-refractivity contribution >= 4 is 60.9 Å². The van der Waals surface area contributed by atoms with Crippen molar-refractivity contribution < 1.29 is 8.83 Å². The smallest absolute Gasteiger partial charge is 0.136 e. The topological polar surface area (TPSA) is 29.5 Å². The molecule has 1 aliphatic rings. The Morgan fingerprint density at radius 2 is 0.897 bits per heavy atom. The summed E-state index contributed by atoms with van der Waals surface area (Å²) in [6.45, 7) is 9.47. The molecule has 280 valence electrons. The number of hydrogen-bond acceptors (Lipinski definition) is 3. The largest absolute Gasteiger partial charge is 0.456 e. The third kappa shape index (κ3) is 5.56. The van der Waals surface area contributed by atoms with E-state index < -0.39 is 0 Å². The Morgan fingerprint density at radius 3 is 1.66 bits per heavy atom. The van der Waals surface area contributed by atoms with Gasteiger partial charge in [-0.05, 0) is 123 Å². The Labute approximate surface area is 338 Å². The van der Waals surface area contributed by atoms with Crippen LogP contribution in [0.1, 0.15) is 45.2 Å². The molecule has 3 nitrogen and oxygen atoms in total. The molecule has 58 heavy (non-hydrogen) atoms. The fraction of sp³-hybridized carbons (Fsp3) is 0.127. The highest BCUT2D eigenvalue weighted by molar-refractivity contribution is 6.08. The number of nitrogens with zero attached hydrogens (tertiary/aromatic N) is 1. The summed E-state index contributed by atoms with van der Waals surface area (Å²) >= 11 is 0. The lowest BCUT2D eigenvalue weighted by Gasteiger charge is -2.28. The van der Waals surface area contributed by atoms with E-state index in [2.05, 4.69) is 196 Å². The summed E-state index contributed by atoms with van der Waals surface area (Å²) in [5.74, 6) is 0. The van der Waals surface area contributed by atoms with E-state index in [1.54, 1.807) is 0 Å². The Morgan fingerprint density at radius 1 is 0.379 bits per heavy atom. The van der Waals surface area contributed by atoms with Gasteiger partial charge in [-0.15, -0.1) is 0 Å². The first-order valence-electron chi connectivity index (χ1n) is 20.3. The molecule has 2 aromatic heterocycles. The molecular formula is C55H43NO2. The van der Waals surface area contributed by atoms with Gasteiger partial charge in [0.25, 0.3) is 0 Å². The maximum absolute atomic E-state index is 6.71. The molecule has 0 saturated heterocycles. The van der Waals surface area contributed by atoms with Crippen molar-refractivity contribution in [3.8, 4) is 33.4 Å². The molecule has 2 heterocycles. The molecule has 1 aliphatic carbocycles. The molecule has 0 aliphatic heterocycles. The Balaban J connectivity index is 1.03. The highest BCUT2D eigenvalue weighted by Crippen LogP contribution is 2.52. The third-order valence-electron chi connectivity index (χ3n) is 12.5. The van der Waals surface area contributed by atoms with Crippen LogP contribution < -0.4 is 4.90 Å². The van der Waals surface area contributed by atoms with Crippen LogP contribution in [0.25, 0.3) is 77.3 Å². The molecule has 0 spiro atoms. The van der Waals surface area contributed by atoms with Gasteiger partial charge >= 0.3 is 0 Å². The van der Waals surface area contributed by atoms with Crippen LogP contribution in [0.5, 0.6) is 0 Å². The first kappa shape index (κ1) is 34.4. The van der Waals surface area contributed by atoms with E-state index in [1.165, 1.54) is 38.8 Å². The monoisotopic (exact) mass is 749 g/mol. The van der Waals surface area contributed by atoms with E-state index in [9.17, 15) is 0 Å². The molecule has 8 aromatic carbocycles. The van der Waals surface area contributed by atoms with Crippen LogP contribution in [0.4, 0.5) is 17.1 Å². The van der Waals surface area contributed by atoms with Crippen molar-refractivity contribution in [2.75, 3.05) is 4.90 Å². The number of fused-ring (bicyclic) bond motifs is 7. The minimum atomic E-state index is 0.108. The van der Waals surface area contributed by atoms with Crippen LogP contribution >= 0.6 is 0 Å². The minimum Gasteiger partial charge on any atom is -0.456 e. The van der Waals surface area contributed by atoms with Crippen molar-refractivity contribution in [1.29, 1.82) is 0 Å². The molecule has 0 radical (unpaired) electrons. The van der Waals surface area contributed by atoms with E-state index in [1.807, 2.05) is 12.1 Å². The summed E-state index contributed by atoms with van der Waals surface area (Å²) in [4.78, 5) is 2.37. The van der Waals surface area contributed by atoms with Crippen LogP contribution in [0.2, 0.25) is 0 Å². The van der Waals surface area contributed by atoms with Gasteiger partial charge in [-0.2, -0.15) is 0 Å². The van der Waals surface area contributed by atoms with E-state index >= 15 is 0 Å². The second-order valence-corrected chi connectivity index (χ2v) is 17.3. The lowest BCUT2D eigenvalue weighted by molar-refractivity contribution is 0.403. The Bertz CT molecular complexity index is 3180. The highest BCUT2D eigenvalue weighted by atomic mass is 16.3. The van der Waals surface area contributed by atoms with Crippen molar-refractivity contribution in [2.24, 2.45) is 0 Å². The number of furan rings is 2. The first-order chi connectivity index (χ1) is 28.2. The van der Waals surface area contributed by atoms with Gasteiger partial charge in [0.05, 0.1) is 5.69 Å². The van der Waals surface area contributed by atoms with Gasteiger partial charge in [-0.25, -0.2) is 0 Å². The molecule has 10 aromatic rings. The van der Waals surface area contributed by atoms with Gasteiger partial charge in [-0.1, -0.05) is 137 Å². The summed E-state index contributed by atoms with van der Waals surface area (Å²) in [6.07, 6.45) is 1.13. The van der Waals surface area contributed by atoms with Crippen LogP contribution in [0.15, 0.2) is 185 Å². The molecule has 0 bridgehead atoms. The van der Waals surface area contributed by atoms with Crippen LogP contribution in [-0.2, 0) is 10.8 Å². The van der Waals surface area contributed by atoms with E-state index in [0.717, 1.165) is 73.1 Å². The maximum atomic E-state index is 6.71. The Hall–Kier alpha value is -6.84. The lowest BCUT2D eigenvalue weighted by Crippen LogP contribution is -2.17. The lowest BCUT2D eigenvalue weighted by atomic mass is 9.82. The van der Waals surface area contributed by atoms with Crippen molar-refractivity contribution in [3.63, 3.8) is 0 Å². The summed E-state index contributed by atoms with van der Waals surface area (Å²) in [5, 5.41) is 4.54. The van der Waals surface area contributed by atoms with Gasteiger partial charge in [0, 0.05) is 38.5 Å². The summed E-state index contributed by atoms with van der Waals surface area (Å²) in [7, 11) is 0. The summed E-state index contributed by atoms with van der Waals surface area (Å²) in [5.41, 5.74) is 16.9. The van der Waals surface area contributed by atoms with Gasteiger partial charge in [0.2, 0.25) is 0 Å². The van der Waals surface area contributed by atoms with Crippen LogP contribution in [-0.4, -0.2) is 0 Å². The van der Waals surface area contributed by atoms with Crippen molar-refractivity contribution in [2.45, 2.75) is 44.9 Å². The van der Waals surface area contributed by atoms with Gasteiger partial charge in [0.15, 0.2) is 0 Å². The van der Waals surface area contributed by atoms with Crippen LogP contribution in [0, 0.1) is 0 Å². The summed E-state index contributed by atoms with van der Waals surface area (Å²) in [6, 6.07) is 63.3. The quantitative estimate of drug-likeness (QED) is 0.170. The third-order valence-corrected chi connectivity index (χ3v) is 12.5. The molecule has 0 atom stereocenters. The van der Waals surface area contributed by atoms with E-state index in [-0.39, 0.29) is 10.8 Å². The molecule has 0 saturated carbocycles. The average Bonchev–Trinajstić information content (AvgIpc) is 3.86. The molecule has 0 amide bonds. The number of rotatable bonds is 6. The van der Waals surface area contributed by atoms with Gasteiger partial charge in [0.1, 0.15) is 22.3 Å². The number of anilines is 3. The second-order valence-electron chi connectivity index (χ2n) is 17.3. The normalized spacial score (nSPS) is 14.4. The van der Waals surface area contributed by atoms with E-state index in [4.69, 9.17) is 8.83 Å². The number of hydrogen-bond donors (Lipinski definition) is 0. The molecular weight excluding hydrogens is 707 g/mol. The number of benzene rings is 8. The fourth-order valence-electron chi connectivity index (χ4n) is 9.89. The maximum Gasteiger partial charge on any atom is 0.136 e. The highest BCUT2D eigenvalue weighted by Gasteiger charge is 2.42. The molecule has 3 heteroatoms. The zero-order valence-electron chi connectivity index (χ0n) is 33.2. The van der Waals surface area contributed by atoms with E-state index in [0.29, 0.717) is 0 Å². The second kappa shape index (κ2) is 12.8. The molecule has 0 N–H and O–H groups in total. The predicted molar refractivity (Wildman–Crippen MR) is 243 cm³/mol. The zero-order chi connectivity index (χ0) is 39.2. The average molecular weight is 750 g/mol. The zero-order valence-corrected chi connectivity index (χ0v) is 33.2. The Kier molecular flexibility index (Phi) is 7.62. The SMILES string of the molecule is CC1(C)CC(C)(C)c2cc3c(cc21)oc1cc(-c2ccccc2N(c2ccc(-c4ccc(-c5ccccc5)cc4)cc2)c2ccc4oc5ccccc5c4c2)ccc13. The van der Waals surface area contributed by atoms with Gasteiger partial charge in [-0.3, -0.25) is 0 Å². The molecule has 0 fully saturated rings. The minimum absolute atomic E-state index is 0.108. The van der Waals surface area contributed by atoms with Crippen molar-refractivity contribution in [3.05, 3.63) is 187 Å². The standard InChI is InChI=1S/C55H43NO2/c1-54(2)34-55(3,4)48-33-53-46(32-47(48)54)44-28-24-39(30-52(44)58-53)42-14-8-10-16-49(42)56(41-27-29-51-45(31-41)43-15-9-11-17-50(43)57-51)40-25-22-38(23-26-40)37-20-18-36(19-21-37)35-12-6-5-7-13-35/h5-33H,34H2,1-4H3. The van der Waals surface area contributed by atoms with Gasteiger partial charge < -0.3 is 13.7 Å². The molecule has 11 rings (SSSR count). The molecule has 0 unspecified atom stereocenters. The van der Waals surface area contributed by atoms with Crippen LogP contribution in [0.3, 0.4) is 0 Å². The van der Waals surface area contributed by atoms with Crippen molar-refractivity contribution in [1.82, 2.24) is 0 Å². The number of para-hydroxylation sites is 2. The summed E-state index contributed by atoms with van der Waals surface area (Å²) < 4.78 is 13.0.